The van der Waals surface area contributed by atoms with E-state index in [4.69, 9.17) is 9.47 Å². The fraction of sp³-hybridized carbons (Fsp3) is 0.250. The molecule has 2 N–H and O–H groups in total. The van der Waals surface area contributed by atoms with Gasteiger partial charge in [-0.15, -0.1) is 0 Å². The number of nitrogens with one attached hydrogen (secondary N) is 1. The second-order valence-electron chi connectivity index (χ2n) is 5.80. The average molecular weight is 338 g/mol. The van der Waals surface area contributed by atoms with Gasteiger partial charge < -0.3 is 14.6 Å². The summed E-state index contributed by atoms with van der Waals surface area (Å²) in [6.45, 7) is 3.88. The van der Waals surface area contributed by atoms with Crippen LogP contribution in [0.1, 0.15) is 30.7 Å². The first kappa shape index (κ1) is 17.0. The minimum atomic E-state index is -0.528. The van der Waals surface area contributed by atoms with E-state index in [2.05, 4.69) is 10.2 Å². The van der Waals surface area contributed by atoms with Gasteiger partial charge in [0, 0.05) is 0 Å². The SMILES string of the molecule is CCC(O)c1ccccc1-c1c(C)n[nH]c1Oc1ccc(OC)cc1. The van der Waals surface area contributed by atoms with Gasteiger partial charge in [0.05, 0.1) is 24.5 Å². The molecule has 2 aromatic carbocycles. The summed E-state index contributed by atoms with van der Waals surface area (Å²) in [5.74, 6) is 2.00. The van der Waals surface area contributed by atoms with Gasteiger partial charge in [0.15, 0.2) is 0 Å². The first-order valence-corrected chi connectivity index (χ1v) is 8.28. The first-order valence-electron chi connectivity index (χ1n) is 8.28. The van der Waals surface area contributed by atoms with E-state index in [9.17, 15) is 5.11 Å². The largest absolute Gasteiger partial charge is 0.497 e. The number of aryl methyl sites for hydroxylation is 1. The molecule has 1 heterocycles. The number of hydrogen-bond acceptors (Lipinski definition) is 4. The van der Waals surface area contributed by atoms with Crippen LogP contribution in [-0.2, 0) is 0 Å². The monoisotopic (exact) mass is 338 g/mol. The lowest BCUT2D eigenvalue weighted by molar-refractivity contribution is 0.174. The van der Waals surface area contributed by atoms with Crippen molar-refractivity contribution in [2.45, 2.75) is 26.4 Å². The maximum Gasteiger partial charge on any atom is 0.223 e. The van der Waals surface area contributed by atoms with Gasteiger partial charge in [-0.1, -0.05) is 31.2 Å². The molecule has 1 aromatic heterocycles. The van der Waals surface area contributed by atoms with Crippen LogP contribution in [0.3, 0.4) is 0 Å². The number of hydrogen-bond donors (Lipinski definition) is 2. The molecular weight excluding hydrogens is 316 g/mol. The summed E-state index contributed by atoms with van der Waals surface area (Å²) in [4.78, 5) is 0. The zero-order valence-corrected chi connectivity index (χ0v) is 14.6. The van der Waals surface area contributed by atoms with Crippen molar-refractivity contribution in [3.8, 4) is 28.5 Å². The molecule has 0 bridgehead atoms. The molecule has 0 aliphatic heterocycles. The van der Waals surface area contributed by atoms with E-state index in [1.165, 1.54) is 0 Å². The van der Waals surface area contributed by atoms with Crippen molar-refractivity contribution in [3.63, 3.8) is 0 Å². The summed E-state index contributed by atoms with van der Waals surface area (Å²) in [5, 5.41) is 17.6. The Morgan fingerprint density at radius 1 is 1.08 bits per heavy atom. The lowest BCUT2D eigenvalue weighted by Crippen LogP contribution is -1.99. The third-order valence-electron chi connectivity index (χ3n) is 4.17. The Balaban J connectivity index is 2.00. The lowest BCUT2D eigenvalue weighted by atomic mass is 9.95. The summed E-state index contributed by atoms with van der Waals surface area (Å²) in [7, 11) is 1.63. The summed E-state index contributed by atoms with van der Waals surface area (Å²) in [5.41, 5.74) is 3.47. The Morgan fingerprint density at radius 2 is 1.76 bits per heavy atom. The second kappa shape index (κ2) is 7.40. The van der Waals surface area contributed by atoms with E-state index < -0.39 is 6.10 Å². The van der Waals surface area contributed by atoms with E-state index in [1.807, 2.05) is 62.4 Å². The Hall–Kier alpha value is -2.79. The minimum absolute atomic E-state index is 0.528. The smallest absolute Gasteiger partial charge is 0.223 e. The van der Waals surface area contributed by atoms with Crippen LogP contribution in [-0.4, -0.2) is 22.4 Å². The second-order valence-corrected chi connectivity index (χ2v) is 5.80. The van der Waals surface area contributed by atoms with Crippen molar-refractivity contribution in [2.75, 3.05) is 7.11 Å². The zero-order chi connectivity index (χ0) is 17.8. The Bertz CT molecular complexity index is 840. The molecule has 3 aromatic rings. The van der Waals surface area contributed by atoms with Crippen LogP contribution in [0.25, 0.3) is 11.1 Å². The zero-order valence-electron chi connectivity index (χ0n) is 14.6. The molecule has 0 saturated carbocycles. The Kier molecular flexibility index (Phi) is 5.05. The topological polar surface area (TPSA) is 67.4 Å². The van der Waals surface area contributed by atoms with Crippen LogP contribution in [0.5, 0.6) is 17.4 Å². The molecule has 5 heteroatoms. The molecule has 1 unspecified atom stereocenters. The van der Waals surface area contributed by atoms with Crippen molar-refractivity contribution < 1.29 is 14.6 Å². The maximum atomic E-state index is 10.4. The lowest BCUT2D eigenvalue weighted by Gasteiger charge is -2.15. The van der Waals surface area contributed by atoms with Gasteiger partial charge in [-0.05, 0) is 48.7 Å². The van der Waals surface area contributed by atoms with Gasteiger partial charge in [0.25, 0.3) is 0 Å². The van der Waals surface area contributed by atoms with E-state index in [-0.39, 0.29) is 0 Å². The standard InChI is InChI=1S/C20H22N2O3/c1-4-18(23)16-7-5-6-8-17(16)19-13(2)21-22-20(19)25-15-11-9-14(24-3)10-12-15/h5-12,18,23H,4H2,1-3H3,(H,21,22). The van der Waals surface area contributed by atoms with Crippen LogP contribution in [0.4, 0.5) is 0 Å². The summed E-state index contributed by atoms with van der Waals surface area (Å²) in [6, 6.07) is 15.2. The predicted molar refractivity (Wildman–Crippen MR) is 97.1 cm³/mol. The molecular formula is C20H22N2O3. The van der Waals surface area contributed by atoms with Gasteiger partial charge in [-0.2, -0.15) is 5.10 Å². The molecule has 0 amide bonds. The van der Waals surface area contributed by atoms with Gasteiger partial charge in [-0.25, -0.2) is 5.10 Å². The number of rotatable bonds is 6. The number of aromatic amines is 1. The van der Waals surface area contributed by atoms with Crippen LogP contribution < -0.4 is 9.47 Å². The summed E-state index contributed by atoms with van der Waals surface area (Å²) >= 11 is 0. The van der Waals surface area contributed by atoms with E-state index in [0.717, 1.165) is 28.1 Å². The number of nitrogens with zero attached hydrogens (tertiary/aromatic N) is 1. The Labute approximate surface area is 147 Å². The molecule has 130 valence electrons. The van der Waals surface area contributed by atoms with E-state index in [0.29, 0.717) is 18.1 Å². The van der Waals surface area contributed by atoms with Gasteiger partial charge >= 0.3 is 0 Å². The normalized spacial score (nSPS) is 12.0. The quantitative estimate of drug-likeness (QED) is 0.688. The van der Waals surface area contributed by atoms with Crippen molar-refractivity contribution >= 4 is 0 Å². The molecule has 0 fully saturated rings. The van der Waals surface area contributed by atoms with Gasteiger partial charge in [-0.3, -0.25) is 0 Å². The molecule has 0 aliphatic carbocycles. The van der Waals surface area contributed by atoms with E-state index in [1.54, 1.807) is 7.11 Å². The molecule has 0 radical (unpaired) electrons. The number of aliphatic hydroxyl groups is 1. The highest BCUT2D eigenvalue weighted by molar-refractivity contribution is 5.74. The average Bonchev–Trinajstić information content (AvgIpc) is 3.01. The van der Waals surface area contributed by atoms with Crippen molar-refractivity contribution in [3.05, 3.63) is 59.8 Å². The number of aromatic nitrogens is 2. The third kappa shape index (κ3) is 3.51. The number of benzene rings is 2. The molecule has 0 aliphatic rings. The highest BCUT2D eigenvalue weighted by Gasteiger charge is 2.20. The van der Waals surface area contributed by atoms with Crippen molar-refractivity contribution in [1.29, 1.82) is 0 Å². The molecule has 5 nitrogen and oxygen atoms in total. The Morgan fingerprint density at radius 3 is 2.44 bits per heavy atom. The molecule has 25 heavy (non-hydrogen) atoms. The van der Waals surface area contributed by atoms with Crippen LogP contribution in [0, 0.1) is 6.92 Å². The molecule has 3 rings (SSSR count). The third-order valence-corrected chi connectivity index (χ3v) is 4.17. The number of H-pyrrole nitrogens is 1. The predicted octanol–water partition coefficient (Wildman–Crippen LogP) is 4.63. The number of ether oxygens (including phenoxy) is 2. The minimum Gasteiger partial charge on any atom is -0.497 e. The van der Waals surface area contributed by atoms with Crippen molar-refractivity contribution in [2.24, 2.45) is 0 Å². The summed E-state index contributed by atoms with van der Waals surface area (Å²) in [6.07, 6.45) is 0.113. The summed E-state index contributed by atoms with van der Waals surface area (Å²) < 4.78 is 11.2. The highest BCUT2D eigenvalue weighted by atomic mass is 16.5. The van der Waals surface area contributed by atoms with Gasteiger partial charge in [0.2, 0.25) is 5.88 Å². The van der Waals surface area contributed by atoms with Crippen molar-refractivity contribution in [1.82, 2.24) is 10.2 Å². The fourth-order valence-electron chi connectivity index (χ4n) is 2.80. The maximum absolute atomic E-state index is 10.4. The van der Waals surface area contributed by atoms with Crippen LogP contribution >= 0.6 is 0 Å². The molecule has 0 saturated heterocycles. The molecule has 1 atom stereocenters. The van der Waals surface area contributed by atoms with E-state index >= 15 is 0 Å². The van der Waals surface area contributed by atoms with Crippen LogP contribution in [0.15, 0.2) is 48.5 Å². The molecule has 0 spiro atoms. The first-order chi connectivity index (χ1) is 12.1. The van der Waals surface area contributed by atoms with Gasteiger partial charge in [0.1, 0.15) is 11.5 Å². The highest BCUT2D eigenvalue weighted by Crippen LogP contribution is 2.38. The number of aliphatic hydroxyl groups excluding tert-OH is 1. The van der Waals surface area contributed by atoms with Crippen LogP contribution in [0.2, 0.25) is 0 Å². The number of methoxy groups -OCH3 is 1. The fourth-order valence-corrected chi connectivity index (χ4v) is 2.80.